The summed E-state index contributed by atoms with van der Waals surface area (Å²) in [5.74, 6) is -0.427. The number of aromatic hydroxyl groups is 1. The van der Waals surface area contributed by atoms with Gasteiger partial charge in [0.05, 0.1) is 39.1 Å². The van der Waals surface area contributed by atoms with Gasteiger partial charge in [-0.3, -0.25) is 0 Å². The fourth-order valence-electron chi connectivity index (χ4n) is 5.51. The minimum atomic E-state index is -4.70. The summed E-state index contributed by atoms with van der Waals surface area (Å²) in [6.07, 6.45) is 0.494. The van der Waals surface area contributed by atoms with Gasteiger partial charge in [0.25, 0.3) is 0 Å². The van der Waals surface area contributed by atoms with Crippen LogP contribution in [-0.4, -0.2) is 46.4 Å². The monoisotopic (exact) mass is 877 g/mol. The molecule has 0 spiro atoms. The number of anilines is 2. The van der Waals surface area contributed by atoms with Crippen LogP contribution in [0.25, 0.3) is 10.8 Å². The minimum Gasteiger partial charge on any atom is -0.744 e. The van der Waals surface area contributed by atoms with Crippen molar-refractivity contribution in [2.75, 3.05) is 11.9 Å². The van der Waals surface area contributed by atoms with Crippen LogP contribution in [0, 0.1) is 0 Å². The van der Waals surface area contributed by atoms with Crippen LogP contribution in [0.4, 0.5) is 45.5 Å². The third kappa shape index (κ3) is 13.4. The van der Waals surface area contributed by atoms with Gasteiger partial charge in [0.2, 0.25) is 0 Å². The Hall–Kier alpha value is -4.70. The summed E-state index contributed by atoms with van der Waals surface area (Å²) in [6, 6.07) is 26.1. The van der Waals surface area contributed by atoms with Gasteiger partial charge in [-0.1, -0.05) is 25.1 Å². The maximum Gasteiger partial charge on any atom is 1.00 e. The topological polar surface area (TPSA) is 279 Å². The van der Waals surface area contributed by atoms with E-state index in [0.29, 0.717) is 58.2 Å². The molecule has 6 aromatic rings. The van der Waals surface area contributed by atoms with E-state index in [2.05, 4.69) is 36.0 Å². The van der Waals surface area contributed by atoms with Crippen molar-refractivity contribution >= 4 is 87.9 Å². The molecule has 2 N–H and O–H groups in total. The molecule has 18 nitrogen and oxygen atoms in total. The van der Waals surface area contributed by atoms with Gasteiger partial charge in [0.15, 0.2) is 17.2 Å². The Kier molecular flexibility index (Phi) is 18.8. The van der Waals surface area contributed by atoms with E-state index in [1.165, 1.54) is 36.4 Å². The predicted molar refractivity (Wildman–Crippen MR) is 213 cm³/mol. The zero-order chi connectivity index (χ0) is 42.3. The predicted octanol–water partition coefficient (Wildman–Crippen LogP) is 0.489. The first-order valence-electron chi connectivity index (χ1n) is 17.2. The molecule has 0 bridgehead atoms. The maximum absolute atomic E-state index is 11.6. The fourth-order valence-corrected chi connectivity index (χ4v) is 6.81. The number of aryl methyl sites for hydroxylation is 1. The van der Waals surface area contributed by atoms with E-state index in [-0.39, 0.29) is 84.8 Å². The average Bonchev–Trinajstić information content (AvgIpc) is 3.19. The molecule has 0 saturated heterocycles. The molecule has 0 aliphatic rings. The van der Waals surface area contributed by atoms with Gasteiger partial charge in [0.1, 0.15) is 43.0 Å². The standard InChI is InChI=1S/C38H33N7O11S3.3Li/c1-3-23-17-28(13-15-33(23)43-44-34-16-14-29(22-35(34)55-4-2)41-40-27-8-6-10-31(20-27)59(52,53)54)42-45-37-36(56-57(47)48)18-24-11-12-26(21-32(24)38(37)46)39-25-7-5-9-30(19-25)58(49,50)51;;;/h5-22,39,46H,3-4H2,1-2H3,(H,47,48)(H,49,50,51)(H,52,53,54);;;/q;3*+1/p-3. The van der Waals surface area contributed by atoms with Gasteiger partial charge in [-0.25, -0.2) is 21.0 Å². The first kappa shape index (κ1) is 51.7. The largest absolute Gasteiger partial charge is 1.00 e. The van der Waals surface area contributed by atoms with Gasteiger partial charge in [0, 0.05) is 22.8 Å². The van der Waals surface area contributed by atoms with Gasteiger partial charge in [-0.2, -0.15) is 20.5 Å². The second-order valence-electron chi connectivity index (χ2n) is 12.2. The van der Waals surface area contributed by atoms with E-state index in [1.54, 1.807) is 61.5 Å². The van der Waals surface area contributed by atoms with Crippen molar-refractivity contribution in [2.24, 2.45) is 30.7 Å². The Bertz CT molecular complexity index is 2920. The number of rotatable bonds is 15. The van der Waals surface area contributed by atoms with Crippen LogP contribution in [-0.2, 0) is 38.0 Å². The molecule has 0 heterocycles. The van der Waals surface area contributed by atoms with Gasteiger partial charge < -0.3 is 33.0 Å². The minimum absolute atomic E-state index is 0. The summed E-state index contributed by atoms with van der Waals surface area (Å²) >= 11 is -3.03. The van der Waals surface area contributed by atoms with E-state index in [4.69, 9.17) is 8.92 Å². The molecule has 1 unspecified atom stereocenters. The van der Waals surface area contributed by atoms with Crippen molar-refractivity contribution in [3.8, 4) is 17.2 Å². The van der Waals surface area contributed by atoms with E-state index in [1.807, 2.05) is 6.92 Å². The first-order chi connectivity index (χ1) is 28.1. The molecule has 0 aromatic heterocycles. The number of fused-ring (bicyclic) bond motifs is 1. The van der Waals surface area contributed by atoms with Crippen LogP contribution in [0.5, 0.6) is 17.2 Å². The molecule has 0 fully saturated rings. The SMILES string of the molecule is CCOc1cc(N=Nc2cccc(S(=O)(=O)[O-])c2)ccc1N=Nc1ccc(N=Nc2c(OS(=O)[O-])cc3ccc(Nc4cccc(S(=O)(=O)[O-])c4)cc3c2O)cc1CC.[Li+].[Li+].[Li+]. The van der Waals surface area contributed by atoms with Crippen LogP contribution < -0.4 is 70.8 Å². The average molecular weight is 878 g/mol. The maximum atomic E-state index is 11.6. The third-order valence-electron chi connectivity index (χ3n) is 8.23. The Morgan fingerprint density at radius 3 is 1.87 bits per heavy atom. The number of hydrogen-bond donors (Lipinski definition) is 2. The summed E-state index contributed by atoms with van der Waals surface area (Å²) in [4.78, 5) is -0.863. The quantitative estimate of drug-likeness (QED) is 0.0617. The van der Waals surface area contributed by atoms with Crippen LogP contribution in [0.15, 0.2) is 150 Å². The molecule has 0 aliphatic heterocycles. The molecule has 6 rings (SSSR count). The van der Waals surface area contributed by atoms with E-state index in [0.717, 1.165) is 18.2 Å². The second-order valence-corrected chi connectivity index (χ2v) is 15.5. The number of hydrogen-bond acceptors (Lipinski definition) is 18. The summed E-state index contributed by atoms with van der Waals surface area (Å²) < 4.78 is 102. The number of benzene rings is 6. The van der Waals surface area contributed by atoms with Gasteiger partial charge >= 0.3 is 56.6 Å². The van der Waals surface area contributed by atoms with Crippen LogP contribution >= 0.6 is 0 Å². The molecule has 24 heteroatoms. The fraction of sp³-hybridized carbons (Fsp3) is 0.105. The molecule has 6 aromatic carbocycles. The van der Waals surface area contributed by atoms with E-state index in [9.17, 15) is 39.8 Å². The number of nitrogens with one attached hydrogen (secondary N) is 1. The molecule has 0 aliphatic carbocycles. The number of nitrogens with zero attached hydrogens (tertiary/aromatic N) is 6. The van der Waals surface area contributed by atoms with Crippen molar-refractivity contribution in [1.82, 2.24) is 0 Å². The van der Waals surface area contributed by atoms with E-state index >= 15 is 0 Å². The van der Waals surface area contributed by atoms with Crippen molar-refractivity contribution in [1.29, 1.82) is 0 Å². The normalized spacial score (nSPS) is 12.1. The number of phenols is 1. The summed E-state index contributed by atoms with van der Waals surface area (Å²) in [6.45, 7) is 3.96. The second kappa shape index (κ2) is 22.6. The zero-order valence-electron chi connectivity index (χ0n) is 33.7. The summed E-state index contributed by atoms with van der Waals surface area (Å²) in [5, 5.41) is 40.2. The van der Waals surface area contributed by atoms with E-state index < -0.39 is 47.1 Å². The molecule has 304 valence electrons. The molecular formula is C38H30Li3N7O11S3. The van der Waals surface area contributed by atoms with Crippen molar-refractivity contribution in [3.05, 3.63) is 115 Å². The number of phenolic OH excluding ortho intramolecular Hbond substituents is 1. The van der Waals surface area contributed by atoms with Crippen LogP contribution in [0.3, 0.4) is 0 Å². The Labute approximate surface area is 394 Å². The number of azo groups is 3. The molecule has 0 radical (unpaired) electrons. The van der Waals surface area contributed by atoms with Crippen LogP contribution in [0.1, 0.15) is 19.4 Å². The summed E-state index contributed by atoms with van der Waals surface area (Å²) in [5.41, 5.74) is 2.79. The van der Waals surface area contributed by atoms with Crippen molar-refractivity contribution < 1.29 is 105 Å². The first-order valence-corrected chi connectivity index (χ1v) is 21.0. The molecule has 0 amide bonds. The molecule has 0 saturated carbocycles. The van der Waals surface area contributed by atoms with Gasteiger partial charge in [-0.15, -0.1) is 10.2 Å². The van der Waals surface area contributed by atoms with Crippen molar-refractivity contribution in [2.45, 2.75) is 30.1 Å². The zero-order valence-corrected chi connectivity index (χ0v) is 36.2. The van der Waals surface area contributed by atoms with Crippen LogP contribution in [0.2, 0.25) is 0 Å². The Morgan fingerprint density at radius 2 is 1.23 bits per heavy atom. The number of ether oxygens (including phenoxy) is 1. The third-order valence-corrected chi connectivity index (χ3v) is 10.2. The smallest absolute Gasteiger partial charge is 0.744 e. The molecule has 62 heavy (non-hydrogen) atoms. The Morgan fingerprint density at radius 1 is 0.645 bits per heavy atom. The molecule has 1 atom stereocenters. The Balaban J connectivity index is 0.00000341. The molecular weight excluding hydrogens is 847 g/mol. The van der Waals surface area contributed by atoms with Gasteiger partial charge in [-0.05, 0) is 109 Å². The summed E-state index contributed by atoms with van der Waals surface area (Å²) in [7, 11) is -9.36. The van der Waals surface area contributed by atoms with Crippen molar-refractivity contribution in [3.63, 3.8) is 0 Å².